The Bertz CT molecular complexity index is 622. The quantitative estimate of drug-likeness (QED) is 0.745. The van der Waals surface area contributed by atoms with E-state index < -0.39 is 0 Å². The third-order valence-corrected chi connectivity index (χ3v) is 2.96. The largest absolute Gasteiger partial charge is 0.285 e. The SMILES string of the molecule is CCc1nn(Cc2cn[nH]c2)c2ccccc12. The van der Waals surface area contributed by atoms with Gasteiger partial charge in [0.2, 0.25) is 0 Å². The molecule has 3 rings (SSSR count). The van der Waals surface area contributed by atoms with Gasteiger partial charge in [0, 0.05) is 17.1 Å². The molecule has 0 unspecified atom stereocenters. The van der Waals surface area contributed by atoms with Gasteiger partial charge in [0.15, 0.2) is 0 Å². The molecule has 2 aromatic heterocycles. The van der Waals surface area contributed by atoms with Crippen LogP contribution < -0.4 is 0 Å². The van der Waals surface area contributed by atoms with E-state index in [0.29, 0.717) is 0 Å². The van der Waals surface area contributed by atoms with Crippen molar-refractivity contribution in [2.24, 2.45) is 0 Å². The van der Waals surface area contributed by atoms with Crippen LogP contribution in [0.5, 0.6) is 0 Å². The standard InChI is InChI=1S/C13H14N4/c1-2-12-11-5-3-4-6-13(11)17(16-12)9-10-7-14-15-8-10/h3-8H,2,9H2,1H3,(H,14,15). The highest BCUT2D eigenvalue weighted by Crippen LogP contribution is 2.19. The van der Waals surface area contributed by atoms with E-state index in [9.17, 15) is 0 Å². The number of rotatable bonds is 3. The van der Waals surface area contributed by atoms with Crippen LogP contribution in [0.1, 0.15) is 18.2 Å². The molecule has 0 bridgehead atoms. The van der Waals surface area contributed by atoms with Crippen molar-refractivity contribution in [3.63, 3.8) is 0 Å². The molecular formula is C13H14N4. The minimum Gasteiger partial charge on any atom is -0.285 e. The number of nitrogens with one attached hydrogen (secondary N) is 1. The van der Waals surface area contributed by atoms with E-state index in [4.69, 9.17) is 0 Å². The molecule has 17 heavy (non-hydrogen) atoms. The number of aryl methyl sites for hydroxylation is 1. The van der Waals surface area contributed by atoms with Crippen LogP contribution in [0.15, 0.2) is 36.7 Å². The number of hydrogen-bond donors (Lipinski definition) is 1. The number of hydrogen-bond acceptors (Lipinski definition) is 2. The molecule has 2 heterocycles. The zero-order valence-corrected chi connectivity index (χ0v) is 9.72. The molecule has 0 spiro atoms. The van der Waals surface area contributed by atoms with E-state index in [-0.39, 0.29) is 0 Å². The summed E-state index contributed by atoms with van der Waals surface area (Å²) in [5.74, 6) is 0. The number of nitrogens with zero attached hydrogens (tertiary/aromatic N) is 3. The van der Waals surface area contributed by atoms with Gasteiger partial charge in [0.05, 0.1) is 24.0 Å². The fraction of sp³-hybridized carbons (Fsp3) is 0.231. The monoisotopic (exact) mass is 226 g/mol. The van der Waals surface area contributed by atoms with Crippen LogP contribution >= 0.6 is 0 Å². The van der Waals surface area contributed by atoms with Gasteiger partial charge < -0.3 is 0 Å². The van der Waals surface area contributed by atoms with Gasteiger partial charge >= 0.3 is 0 Å². The maximum absolute atomic E-state index is 4.66. The Hall–Kier alpha value is -2.10. The molecule has 0 atom stereocenters. The lowest BCUT2D eigenvalue weighted by atomic mass is 10.2. The minimum atomic E-state index is 0.761. The van der Waals surface area contributed by atoms with Gasteiger partial charge in [-0.15, -0.1) is 0 Å². The third-order valence-electron chi connectivity index (χ3n) is 2.96. The van der Waals surface area contributed by atoms with Crippen molar-refractivity contribution >= 4 is 10.9 Å². The molecule has 0 saturated carbocycles. The number of H-pyrrole nitrogens is 1. The predicted molar refractivity (Wildman–Crippen MR) is 66.8 cm³/mol. The summed E-state index contributed by atoms with van der Waals surface area (Å²) < 4.78 is 2.04. The van der Waals surface area contributed by atoms with Gasteiger partial charge in [-0.25, -0.2) is 0 Å². The maximum atomic E-state index is 4.66. The van der Waals surface area contributed by atoms with Crippen LogP contribution in [0.3, 0.4) is 0 Å². The average molecular weight is 226 g/mol. The smallest absolute Gasteiger partial charge is 0.0700 e. The lowest BCUT2D eigenvalue weighted by molar-refractivity contribution is 0.696. The highest BCUT2D eigenvalue weighted by atomic mass is 15.3. The topological polar surface area (TPSA) is 46.5 Å². The highest BCUT2D eigenvalue weighted by molar-refractivity contribution is 5.82. The maximum Gasteiger partial charge on any atom is 0.0700 e. The molecule has 4 nitrogen and oxygen atoms in total. The molecule has 0 aliphatic rings. The van der Waals surface area contributed by atoms with Crippen LogP contribution in [-0.4, -0.2) is 20.0 Å². The molecule has 4 heteroatoms. The highest BCUT2D eigenvalue weighted by Gasteiger charge is 2.08. The lowest BCUT2D eigenvalue weighted by Crippen LogP contribution is -2.01. The second-order valence-electron chi connectivity index (χ2n) is 4.08. The fourth-order valence-electron chi connectivity index (χ4n) is 2.11. The lowest BCUT2D eigenvalue weighted by Gasteiger charge is -2.00. The van der Waals surface area contributed by atoms with Crippen molar-refractivity contribution < 1.29 is 0 Å². The first-order valence-corrected chi connectivity index (χ1v) is 5.80. The summed E-state index contributed by atoms with van der Waals surface area (Å²) in [6.07, 6.45) is 4.70. The number of aromatic amines is 1. The summed E-state index contributed by atoms with van der Waals surface area (Å²) >= 11 is 0. The van der Waals surface area contributed by atoms with E-state index in [0.717, 1.165) is 24.2 Å². The molecule has 3 aromatic rings. The van der Waals surface area contributed by atoms with Gasteiger partial charge in [-0.1, -0.05) is 25.1 Å². The molecule has 0 amide bonds. The van der Waals surface area contributed by atoms with Crippen molar-refractivity contribution in [1.82, 2.24) is 20.0 Å². The second-order valence-corrected chi connectivity index (χ2v) is 4.08. The summed E-state index contributed by atoms with van der Waals surface area (Å²) in [4.78, 5) is 0. The summed E-state index contributed by atoms with van der Waals surface area (Å²) in [5, 5.41) is 12.7. The first kappa shape index (κ1) is 10.1. The van der Waals surface area contributed by atoms with Crippen molar-refractivity contribution in [3.8, 4) is 0 Å². The Morgan fingerprint density at radius 1 is 1.29 bits per heavy atom. The molecule has 0 fully saturated rings. The summed E-state index contributed by atoms with van der Waals surface area (Å²) in [7, 11) is 0. The zero-order valence-electron chi connectivity index (χ0n) is 9.72. The van der Waals surface area contributed by atoms with E-state index in [1.165, 1.54) is 10.9 Å². The molecule has 0 aliphatic carbocycles. The average Bonchev–Trinajstić information content (AvgIpc) is 2.98. The third kappa shape index (κ3) is 1.71. The number of fused-ring (bicyclic) bond motifs is 1. The molecule has 0 aliphatic heterocycles. The first-order chi connectivity index (χ1) is 8.38. The van der Waals surface area contributed by atoms with Crippen LogP contribution in [0.2, 0.25) is 0 Å². The molecule has 0 saturated heterocycles. The van der Waals surface area contributed by atoms with Gasteiger partial charge in [-0.3, -0.25) is 9.78 Å². The first-order valence-electron chi connectivity index (χ1n) is 5.80. The van der Waals surface area contributed by atoms with E-state index >= 15 is 0 Å². The summed E-state index contributed by atoms with van der Waals surface area (Å²) in [6.45, 7) is 2.90. The van der Waals surface area contributed by atoms with Crippen LogP contribution in [0.4, 0.5) is 0 Å². The van der Waals surface area contributed by atoms with Crippen LogP contribution in [-0.2, 0) is 13.0 Å². The van der Waals surface area contributed by atoms with Gasteiger partial charge in [0.25, 0.3) is 0 Å². The van der Waals surface area contributed by atoms with Crippen molar-refractivity contribution in [3.05, 3.63) is 47.9 Å². The molecule has 1 N–H and O–H groups in total. The Labute approximate surface area is 99.3 Å². The Kier molecular flexibility index (Phi) is 2.40. The Morgan fingerprint density at radius 3 is 2.94 bits per heavy atom. The number of para-hydroxylation sites is 1. The van der Waals surface area contributed by atoms with Gasteiger partial charge in [-0.05, 0) is 12.5 Å². The predicted octanol–water partition coefficient (Wildman–Crippen LogP) is 2.37. The van der Waals surface area contributed by atoms with Gasteiger partial charge in [-0.2, -0.15) is 10.2 Å². The van der Waals surface area contributed by atoms with Crippen molar-refractivity contribution in [1.29, 1.82) is 0 Å². The zero-order chi connectivity index (χ0) is 11.7. The number of benzene rings is 1. The molecule has 86 valence electrons. The van der Waals surface area contributed by atoms with Crippen LogP contribution in [0, 0.1) is 0 Å². The summed E-state index contributed by atoms with van der Waals surface area (Å²) in [6, 6.07) is 8.36. The second kappa shape index (κ2) is 4.05. The van der Waals surface area contributed by atoms with E-state index in [1.807, 2.05) is 17.1 Å². The molecular weight excluding hydrogens is 212 g/mol. The summed E-state index contributed by atoms with van der Waals surface area (Å²) in [5.41, 5.74) is 3.48. The van der Waals surface area contributed by atoms with Crippen LogP contribution in [0.25, 0.3) is 10.9 Å². The molecule has 1 aromatic carbocycles. The van der Waals surface area contributed by atoms with E-state index in [1.54, 1.807) is 0 Å². The van der Waals surface area contributed by atoms with Crippen molar-refractivity contribution in [2.45, 2.75) is 19.9 Å². The normalized spacial score (nSPS) is 11.1. The number of aromatic nitrogens is 4. The van der Waals surface area contributed by atoms with Gasteiger partial charge in [0.1, 0.15) is 0 Å². The Balaban J connectivity index is 2.10. The minimum absolute atomic E-state index is 0.761. The fourth-order valence-corrected chi connectivity index (χ4v) is 2.11. The molecule has 0 radical (unpaired) electrons. The van der Waals surface area contributed by atoms with Crippen molar-refractivity contribution in [2.75, 3.05) is 0 Å². The Morgan fingerprint density at radius 2 is 2.18 bits per heavy atom. The van der Waals surface area contributed by atoms with E-state index in [2.05, 4.69) is 46.5 Å².